The summed E-state index contributed by atoms with van der Waals surface area (Å²) in [6.45, 7) is 2.40. The number of nitrogens with one attached hydrogen (secondary N) is 1. The molecule has 7 heteroatoms. The molecule has 1 N–H and O–H groups in total. The molecular formula is C21H19F2N3O2. The molecule has 0 bridgehead atoms. The fourth-order valence-corrected chi connectivity index (χ4v) is 3.40. The maximum absolute atomic E-state index is 12.9. The van der Waals surface area contributed by atoms with Crippen molar-refractivity contribution in [2.45, 2.75) is 26.3 Å². The van der Waals surface area contributed by atoms with E-state index in [1.165, 1.54) is 0 Å². The zero-order chi connectivity index (χ0) is 19.8. The Morgan fingerprint density at radius 2 is 2.04 bits per heavy atom. The quantitative estimate of drug-likeness (QED) is 0.523. The lowest BCUT2D eigenvalue weighted by molar-refractivity contribution is 0.0785. The number of para-hydroxylation sites is 1. The van der Waals surface area contributed by atoms with Gasteiger partial charge in [-0.1, -0.05) is 25.1 Å². The minimum Gasteiger partial charge on any atom is -0.461 e. The lowest BCUT2D eigenvalue weighted by Gasteiger charge is -2.17. The number of benzene rings is 2. The van der Waals surface area contributed by atoms with Gasteiger partial charge in [-0.2, -0.15) is 0 Å². The lowest BCUT2D eigenvalue weighted by Crippen LogP contribution is -2.26. The first-order valence-electron chi connectivity index (χ1n) is 9.00. The number of aryl methyl sites for hydroxylation is 1. The highest BCUT2D eigenvalue weighted by Gasteiger charge is 2.19. The van der Waals surface area contributed by atoms with Crippen LogP contribution in [0.2, 0.25) is 0 Å². The van der Waals surface area contributed by atoms with Gasteiger partial charge in [0.15, 0.2) is 5.82 Å². The number of carbonyl (C=O) groups is 1. The summed E-state index contributed by atoms with van der Waals surface area (Å²) in [7, 11) is 1.71. The highest BCUT2D eigenvalue weighted by molar-refractivity contribution is 5.97. The maximum atomic E-state index is 12.9. The van der Waals surface area contributed by atoms with Crippen molar-refractivity contribution in [2.24, 2.45) is 0 Å². The smallest absolute Gasteiger partial charge is 0.295 e. The summed E-state index contributed by atoms with van der Waals surface area (Å²) in [5.41, 5.74) is 3.01. The number of aromatic amines is 1. The van der Waals surface area contributed by atoms with Gasteiger partial charge < -0.3 is 14.3 Å². The minimum absolute atomic E-state index is 0.206. The van der Waals surface area contributed by atoms with E-state index in [0.29, 0.717) is 23.1 Å². The van der Waals surface area contributed by atoms with E-state index in [1.807, 2.05) is 31.2 Å². The second-order valence-corrected chi connectivity index (χ2v) is 6.67. The van der Waals surface area contributed by atoms with E-state index in [0.717, 1.165) is 28.7 Å². The Balaban J connectivity index is 1.63. The Labute approximate surface area is 160 Å². The Morgan fingerprint density at radius 1 is 1.25 bits per heavy atom. The molecule has 2 aromatic carbocycles. The molecular weight excluding hydrogens is 364 g/mol. The number of amides is 1. The molecule has 2 aromatic heterocycles. The first kappa shape index (κ1) is 18.2. The number of hydrogen-bond donors (Lipinski definition) is 1. The van der Waals surface area contributed by atoms with Gasteiger partial charge in [-0.15, -0.1) is 0 Å². The Morgan fingerprint density at radius 3 is 2.79 bits per heavy atom. The highest BCUT2D eigenvalue weighted by Crippen LogP contribution is 2.28. The van der Waals surface area contributed by atoms with Gasteiger partial charge in [0, 0.05) is 36.5 Å². The third-order valence-corrected chi connectivity index (χ3v) is 4.80. The van der Waals surface area contributed by atoms with Gasteiger partial charge >= 0.3 is 0 Å². The molecule has 0 atom stereocenters. The van der Waals surface area contributed by atoms with E-state index in [9.17, 15) is 13.6 Å². The van der Waals surface area contributed by atoms with Crippen LogP contribution in [0.3, 0.4) is 0 Å². The van der Waals surface area contributed by atoms with Crippen molar-refractivity contribution >= 4 is 27.9 Å². The second kappa shape index (κ2) is 7.07. The summed E-state index contributed by atoms with van der Waals surface area (Å²) in [6, 6.07) is 12.5. The van der Waals surface area contributed by atoms with Crippen LogP contribution < -0.4 is 0 Å². The zero-order valence-electron chi connectivity index (χ0n) is 15.5. The number of rotatable bonds is 5. The summed E-state index contributed by atoms with van der Waals surface area (Å²) in [5.74, 6) is 0.249. The standard InChI is InChI=1S/C21H19F2N3O2/c1-3-17-14(13-6-4-5-7-18(13)28-17)11-26(2)21(27)12-8-9-15-16(10-12)25-20(24-15)19(22)23/h4-10,19H,3,11H2,1-2H3,(H,24,25). The van der Waals surface area contributed by atoms with E-state index in [4.69, 9.17) is 4.42 Å². The van der Waals surface area contributed by atoms with E-state index in [-0.39, 0.29) is 5.91 Å². The molecule has 5 nitrogen and oxygen atoms in total. The van der Waals surface area contributed by atoms with Crippen molar-refractivity contribution < 1.29 is 18.0 Å². The molecule has 0 aliphatic carbocycles. The monoisotopic (exact) mass is 383 g/mol. The molecule has 4 rings (SSSR count). The fourth-order valence-electron chi connectivity index (χ4n) is 3.40. The number of halogens is 2. The van der Waals surface area contributed by atoms with Crippen LogP contribution in [-0.4, -0.2) is 27.8 Å². The number of aromatic nitrogens is 2. The second-order valence-electron chi connectivity index (χ2n) is 6.67. The van der Waals surface area contributed by atoms with Gasteiger partial charge in [-0.05, 0) is 24.3 Å². The summed E-state index contributed by atoms with van der Waals surface area (Å²) in [5, 5.41) is 0.990. The van der Waals surface area contributed by atoms with E-state index >= 15 is 0 Å². The lowest BCUT2D eigenvalue weighted by atomic mass is 10.1. The van der Waals surface area contributed by atoms with Crippen LogP contribution in [0.15, 0.2) is 46.9 Å². The first-order chi connectivity index (χ1) is 13.5. The molecule has 0 fully saturated rings. The SMILES string of the molecule is CCc1oc2ccccc2c1CN(C)C(=O)c1ccc2nc(C(F)F)[nH]c2c1. The molecule has 0 spiro atoms. The number of carbonyl (C=O) groups excluding carboxylic acids is 1. The third kappa shape index (κ3) is 3.13. The van der Waals surface area contributed by atoms with E-state index in [1.54, 1.807) is 30.1 Å². The topological polar surface area (TPSA) is 62.1 Å². The van der Waals surface area contributed by atoms with Crippen molar-refractivity contribution in [3.8, 4) is 0 Å². The maximum Gasteiger partial charge on any atom is 0.295 e. The number of alkyl halides is 2. The number of H-pyrrole nitrogens is 1. The highest BCUT2D eigenvalue weighted by atomic mass is 19.3. The van der Waals surface area contributed by atoms with Crippen molar-refractivity contribution in [3.05, 3.63) is 65.2 Å². The van der Waals surface area contributed by atoms with Gasteiger partial charge in [0.25, 0.3) is 12.3 Å². The van der Waals surface area contributed by atoms with Crippen LogP contribution in [-0.2, 0) is 13.0 Å². The Kier molecular flexibility index (Phi) is 4.58. The van der Waals surface area contributed by atoms with Gasteiger partial charge in [-0.25, -0.2) is 13.8 Å². The van der Waals surface area contributed by atoms with Crippen molar-refractivity contribution in [1.82, 2.24) is 14.9 Å². The number of imidazole rings is 1. The first-order valence-corrected chi connectivity index (χ1v) is 9.00. The van der Waals surface area contributed by atoms with Gasteiger partial charge in [0.1, 0.15) is 11.3 Å². The molecule has 0 saturated carbocycles. The van der Waals surface area contributed by atoms with Crippen LogP contribution in [0.25, 0.3) is 22.0 Å². The van der Waals surface area contributed by atoms with Crippen LogP contribution in [0.5, 0.6) is 0 Å². The summed E-state index contributed by atoms with van der Waals surface area (Å²) < 4.78 is 31.5. The van der Waals surface area contributed by atoms with Crippen molar-refractivity contribution in [3.63, 3.8) is 0 Å². The molecule has 0 unspecified atom stereocenters. The molecule has 2 heterocycles. The molecule has 1 amide bonds. The predicted molar refractivity (Wildman–Crippen MR) is 102 cm³/mol. The summed E-state index contributed by atoms with van der Waals surface area (Å²) in [4.78, 5) is 20.9. The number of nitrogens with zero attached hydrogens (tertiary/aromatic N) is 2. The fraction of sp³-hybridized carbons (Fsp3) is 0.238. The number of fused-ring (bicyclic) bond motifs is 2. The molecule has 4 aromatic rings. The van der Waals surface area contributed by atoms with E-state index in [2.05, 4.69) is 9.97 Å². The number of hydrogen-bond acceptors (Lipinski definition) is 3. The summed E-state index contributed by atoms with van der Waals surface area (Å²) >= 11 is 0. The molecule has 0 radical (unpaired) electrons. The minimum atomic E-state index is -2.68. The van der Waals surface area contributed by atoms with Gasteiger partial charge in [0.05, 0.1) is 11.0 Å². The summed E-state index contributed by atoms with van der Waals surface area (Å²) in [6.07, 6.45) is -1.96. The normalized spacial score (nSPS) is 11.6. The van der Waals surface area contributed by atoms with Crippen molar-refractivity contribution in [2.75, 3.05) is 7.05 Å². The molecule has 144 valence electrons. The Hall–Kier alpha value is -3.22. The van der Waals surface area contributed by atoms with Crippen LogP contribution >= 0.6 is 0 Å². The molecule has 0 aliphatic rings. The number of furan rings is 1. The molecule has 28 heavy (non-hydrogen) atoms. The average molecular weight is 383 g/mol. The Bertz CT molecular complexity index is 1160. The molecule has 0 aliphatic heterocycles. The zero-order valence-corrected chi connectivity index (χ0v) is 15.5. The van der Waals surface area contributed by atoms with E-state index < -0.39 is 12.2 Å². The van der Waals surface area contributed by atoms with Gasteiger partial charge in [-0.3, -0.25) is 4.79 Å². The van der Waals surface area contributed by atoms with Crippen LogP contribution in [0.4, 0.5) is 8.78 Å². The molecule has 0 saturated heterocycles. The largest absolute Gasteiger partial charge is 0.461 e. The average Bonchev–Trinajstić information content (AvgIpc) is 3.28. The van der Waals surface area contributed by atoms with Crippen LogP contribution in [0, 0.1) is 0 Å². The third-order valence-electron chi connectivity index (χ3n) is 4.80. The van der Waals surface area contributed by atoms with Crippen molar-refractivity contribution in [1.29, 1.82) is 0 Å². The van der Waals surface area contributed by atoms with Gasteiger partial charge in [0.2, 0.25) is 0 Å². The predicted octanol–water partition coefficient (Wildman–Crippen LogP) is 5.08. The van der Waals surface area contributed by atoms with Crippen LogP contribution in [0.1, 0.15) is 40.9 Å².